The van der Waals surface area contributed by atoms with Gasteiger partial charge in [0.2, 0.25) is 5.76 Å². The van der Waals surface area contributed by atoms with Crippen molar-refractivity contribution in [2.75, 3.05) is 4.90 Å². The van der Waals surface area contributed by atoms with E-state index in [1.807, 2.05) is 0 Å². The highest BCUT2D eigenvalue weighted by Crippen LogP contribution is 2.43. The molecule has 5 rings (SSSR count). The molecule has 0 spiro atoms. The first-order valence-corrected chi connectivity index (χ1v) is 9.71. The first-order valence-electron chi connectivity index (χ1n) is 9.71. The number of carbonyl (C=O) groups excluding carboxylic acids is 1. The third kappa shape index (κ3) is 3.32. The van der Waals surface area contributed by atoms with Crippen LogP contribution in [-0.2, 0) is 6.18 Å². The van der Waals surface area contributed by atoms with E-state index in [4.69, 9.17) is 4.42 Å². The zero-order valence-corrected chi connectivity index (χ0v) is 16.6. The number of benzene rings is 3. The van der Waals surface area contributed by atoms with Gasteiger partial charge in [0.1, 0.15) is 17.1 Å². The number of carbonyl (C=O) groups is 1. The van der Waals surface area contributed by atoms with Crippen LogP contribution in [0.15, 0.2) is 75.9 Å². The van der Waals surface area contributed by atoms with Gasteiger partial charge in [-0.15, -0.1) is 0 Å². The maximum atomic E-state index is 13.8. The molecule has 1 N–H and O–H groups in total. The highest BCUT2D eigenvalue weighted by molar-refractivity contribution is 6.10. The molecule has 1 aliphatic rings. The monoisotopic (exact) mass is 455 g/mol. The van der Waals surface area contributed by atoms with Crippen molar-refractivity contribution in [2.24, 2.45) is 0 Å². The van der Waals surface area contributed by atoms with Crippen molar-refractivity contribution in [3.8, 4) is 5.75 Å². The molecule has 0 saturated carbocycles. The molecule has 5 nitrogen and oxygen atoms in total. The third-order valence-corrected chi connectivity index (χ3v) is 5.47. The standard InChI is InChI=1S/C24H13F4NO4/c25-14-7-8-18-17(11-14)21(31)19-20(12-3-1-6-16(30)9-12)29(23(32)22(19)33-18)15-5-2-4-13(10-15)24(26,27)28/h1-11,20,30H. The number of alkyl halides is 3. The van der Waals surface area contributed by atoms with Gasteiger partial charge < -0.3 is 9.52 Å². The maximum Gasteiger partial charge on any atom is 0.416 e. The number of fused-ring (bicyclic) bond motifs is 2. The van der Waals surface area contributed by atoms with E-state index >= 15 is 0 Å². The van der Waals surface area contributed by atoms with Crippen LogP contribution < -0.4 is 10.3 Å². The van der Waals surface area contributed by atoms with Gasteiger partial charge in [-0.2, -0.15) is 13.2 Å². The molecule has 1 atom stereocenters. The van der Waals surface area contributed by atoms with Crippen molar-refractivity contribution in [3.05, 3.63) is 105 Å². The van der Waals surface area contributed by atoms with Gasteiger partial charge in [0, 0.05) is 5.69 Å². The Balaban J connectivity index is 1.81. The zero-order chi connectivity index (χ0) is 23.5. The first kappa shape index (κ1) is 20.7. The van der Waals surface area contributed by atoms with Gasteiger partial charge in [-0.25, -0.2) is 4.39 Å². The SMILES string of the molecule is O=C1c2oc3ccc(F)cc3c(=O)c2C(c2cccc(O)c2)N1c1cccc(C(F)(F)F)c1. The lowest BCUT2D eigenvalue weighted by Crippen LogP contribution is -2.29. The van der Waals surface area contributed by atoms with Gasteiger partial charge in [-0.1, -0.05) is 18.2 Å². The van der Waals surface area contributed by atoms with Gasteiger partial charge in [0.25, 0.3) is 5.91 Å². The molecule has 0 bridgehead atoms. The molecule has 1 aliphatic heterocycles. The summed E-state index contributed by atoms with van der Waals surface area (Å²) in [6, 6.07) is 11.8. The summed E-state index contributed by atoms with van der Waals surface area (Å²) in [5.41, 5.74) is -1.71. The van der Waals surface area contributed by atoms with Crippen LogP contribution in [0.5, 0.6) is 5.75 Å². The van der Waals surface area contributed by atoms with E-state index in [0.29, 0.717) is 0 Å². The average molecular weight is 455 g/mol. The summed E-state index contributed by atoms with van der Waals surface area (Å²) in [7, 11) is 0. The lowest BCUT2D eigenvalue weighted by molar-refractivity contribution is -0.137. The summed E-state index contributed by atoms with van der Waals surface area (Å²) < 4.78 is 59.5. The Bertz CT molecular complexity index is 1490. The number of nitrogens with zero attached hydrogens (tertiary/aromatic N) is 1. The minimum atomic E-state index is -4.66. The van der Waals surface area contributed by atoms with E-state index in [2.05, 4.69) is 0 Å². The number of rotatable bonds is 2. The van der Waals surface area contributed by atoms with Crippen LogP contribution in [0.25, 0.3) is 11.0 Å². The van der Waals surface area contributed by atoms with Gasteiger partial charge in [-0.3, -0.25) is 14.5 Å². The second-order valence-electron chi connectivity index (χ2n) is 7.54. The van der Waals surface area contributed by atoms with E-state index in [1.54, 1.807) is 0 Å². The van der Waals surface area contributed by atoms with Crippen LogP contribution in [0.3, 0.4) is 0 Å². The van der Waals surface area contributed by atoms with Crippen molar-refractivity contribution in [3.63, 3.8) is 0 Å². The largest absolute Gasteiger partial charge is 0.508 e. The summed E-state index contributed by atoms with van der Waals surface area (Å²) in [6.45, 7) is 0. The molecular formula is C24H13F4NO4. The van der Waals surface area contributed by atoms with Gasteiger partial charge in [0.05, 0.1) is 22.6 Å². The quantitative estimate of drug-likeness (QED) is 0.411. The number of hydrogen-bond donors (Lipinski definition) is 1. The number of aromatic hydroxyl groups is 1. The number of amides is 1. The highest BCUT2D eigenvalue weighted by Gasteiger charge is 2.44. The smallest absolute Gasteiger partial charge is 0.416 e. The van der Waals surface area contributed by atoms with E-state index in [1.165, 1.54) is 36.4 Å². The second-order valence-corrected chi connectivity index (χ2v) is 7.54. The Morgan fingerprint density at radius 2 is 1.70 bits per heavy atom. The maximum absolute atomic E-state index is 13.8. The molecule has 33 heavy (non-hydrogen) atoms. The van der Waals surface area contributed by atoms with Crippen molar-refractivity contribution in [1.29, 1.82) is 0 Å². The Hall–Kier alpha value is -4.14. The number of anilines is 1. The molecule has 2 heterocycles. The molecule has 1 aromatic heterocycles. The summed E-state index contributed by atoms with van der Waals surface area (Å²) in [5, 5.41) is 9.86. The van der Waals surface area contributed by atoms with Gasteiger partial charge in [-0.05, 0) is 54.1 Å². The molecule has 4 aromatic rings. The van der Waals surface area contributed by atoms with Gasteiger partial charge in [0.15, 0.2) is 5.43 Å². The molecule has 1 unspecified atom stereocenters. The van der Waals surface area contributed by atoms with Crippen molar-refractivity contribution in [1.82, 2.24) is 0 Å². The van der Waals surface area contributed by atoms with Crippen LogP contribution in [0.1, 0.15) is 33.3 Å². The van der Waals surface area contributed by atoms with E-state index in [9.17, 15) is 32.3 Å². The molecular weight excluding hydrogens is 442 g/mol. The second kappa shape index (κ2) is 7.19. The summed E-state index contributed by atoms with van der Waals surface area (Å²) in [5.74, 6) is -2.05. The highest BCUT2D eigenvalue weighted by atomic mass is 19.4. The Morgan fingerprint density at radius 3 is 2.42 bits per heavy atom. The molecule has 0 radical (unpaired) electrons. The molecule has 3 aromatic carbocycles. The Labute approximate surface area is 183 Å². The predicted octanol–water partition coefficient (Wildman–Crippen LogP) is 5.41. The van der Waals surface area contributed by atoms with Crippen molar-refractivity contribution < 1.29 is 31.9 Å². The molecule has 0 aliphatic carbocycles. The fraction of sp³-hybridized carbons (Fsp3) is 0.0833. The van der Waals surface area contributed by atoms with Crippen LogP contribution in [0, 0.1) is 5.82 Å². The average Bonchev–Trinajstić information content (AvgIpc) is 3.06. The van der Waals surface area contributed by atoms with Crippen LogP contribution in [0.4, 0.5) is 23.2 Å². The van der Waals surface area contributed by atoms with Crippen molar-refractivity contribution >= 4 is 22.6 Å². The molecule has 0 saturated heterocycles. The van der Waals surface area contributed by atoms with Gasteiger partial charge >= 0.3 is 6.18 Å². The normalized spacial score (nSPS) is 15.8. The fourth-order valence-corrected chi connectivity index (χ4v) is 4.05. The van der Waals surface area contributed by atoms with Crippen LogP contribution in [0.2, 0.25) is 0 Å². The molecule has 0 fully saturated rings. The predicted molar refractivity (Wildman–Crippen MR) is 111 cm³/mol. The van der Waals surface area contributed by atoms with E-state index in [0.717, 1.165) is 35.2 Å². The number of phenols is 1. The summed E-state index contributed by atoms with van der Waals surface area (Å²) in [6.07, 6.45) is -4.66. The topological polar surface area (TPSA) is 70.8 Å². The lowest BCUT2D eigenvalue weighted by atomic mass is 9.98. The third-order valence-electron chi connectivity index (χ3n) is 5.47. The number of hydrogen-bond acceptors (Lipinski definition) is 4. The summed E-state index contributed by atoms with van der Waals surface area (Å²) in [4.78, 5) is 27.7. The van der Waals surface area contributed by atoms with Crippen LogP contribution in [-0.4, -0.2) is 11.0 Å². The fourth-order valence-electron chi connectivity index (χ4n) is 4.05. The molecule has 1 amide bonds. The van der Waals surface area contributed by atoms with E-state index < -0.39 is 34.9 Å². The first-order chi connectivity index (χ1) is 15.6. The minimum absolute atomic E-state index is 0.0333. The Kier molecular flexibility index (Phi) is 4.52. The van der Waals surface area contributed by atoms with Crippen molar-refractivity contribution in [2.45, 2.75) is 12.2 Å². The molecule has 166 valence electrons. The zero-order valence-electron chi connectivity index (χ0n) is 16.6. The summed E-state index contributed by atoms with van der Waals surface area (Å²) >= 11 is 0. The Morgan fingerprint density at radius 1 is 0.939 bits per heavy atom. The minimum Gasteiger partial charge on any atom is -0.508 e. The van der Waals surface area contributed by atoms with Crippen LogP contribution >= 0.6 is 0 Å². The van der Waals surface area contributed by atoms with E-state index in [-0.39, 0.29) is 39.3 Å². The number of halogens is 4. The number of phenolic OH excluding ortho intramolecular Hbond substituents is 1. The molecule has 9 heteroatoms. The lowest BCUT2D eigenvalue weighted by Gasteiger charge is -2.26.